The molecule has 0 amide bonds. The Kier molecular flexibility index (Phi) is 6.46. The van der Waals surface area contributed by atoms with Crippen LogP contribution < -0.4 is 0 Å². The van der Waals surface area contributed by atoms with E-state index in [0.717, 1.165) is 17.2 Å². The van der Waals surface area contributed by atoms with Crippen LogP contribution in [0.2, 0.25) is 0 Å². The smallest absolute Gasteiger partial charge is 0.321 e. The lowest BCUT2D eigenvalue weighted by molar-refractivity contribution is -0.144. The molecular weight excluding hydrogens is 324 g/mol. The third-order valence-corrected chi connectivity index (χ3v) is 5.83. The van der Waals surface area contributed by atoms with Gasteiger partial charge >= 0.3 is 11.9 Å². The first-order valence-corrected chi connectivity index (χ1v) is 9.00. The number of rotatable bonds is 6. The lowest BCUT2D eigenvalue weighted by Crippen LogP contribution is -2.54. The van der Waals surface area contributed by atoms with E-state index in [1.807, 2.05) is 4.90 Å². The fourth-order valence-corrected chi connectivity index (χ4v) is 4.36. The molecule has 1 saturated carbocycles. The summed E-state index contributed by atoms with van der Waals surface area (Å²) in [6.07, 6.45) is 5.82. The van der Waals surface area contributed by atoms with E-state index in [1.165, 1.54) is 31.0 Å². The van der Waals surface area contributed by atoms with Gasteiger partial charge in [0.05, 0.1) is 12.5 Å². The number of aliphatic carboxylic acids is 2. The Morgan fingerprint density at radius 2 is 1.95 bits per heavy atom. The van der Waals surface area contributed by atoms with Crippen molar-refractivity contribution in [3.8, 4) is 0 Å². The molecule has 8 heteroatoms. The van der Waals surface area contributed by atoms with Gasteiger partial charge in [0.15, 0.2) is 0 Å². The summed E-state index contributed by atoms with van der Waals surface area (Å²) in [5.41, 5.74) is 0. The zero-order chi connectivity index (χ0) is 16.1. The summed E-state index contributed by atoms with van der Waals surface area (Å²) in [5, 5.41) is 18.2. The van der Waals surface area contributed by atoms with Gasteiger partial charge in [0, 0.05) is 12.5 Å². The monoisotopic (exact) mass is 346 g/mol. The van der Waals surface area contributed by atoms with Crippen molar-refractivity contribution in [3.63, 3.8) is 0 Å². The zero-order valence-corrected chi connectivity index (χ0v) is 14.1. The molecule has 0 aromatic carbocycles. The molecule has 1 saturated heterocycles. The molecule has 22 heavy (non-hydrogen) atoms. The maximum atomic E-state index is 11.5. The van der Waals surface area contributed by atoms with Crippen molar-refractivity contribution in [2.45, 2.75) is 57.0 Å². The van der Waals surface area contributed by atoms with Crippen LogP contribution in [0.25, 0.3) is 0 Å². The molecule has 0 radical (unpaired) electrons. The first kappa shape index (κ1) is 17.5. The number of nitrogens with zero attached hydrogens (tertiary/aromatic N) is 2. The zero-order valence-electron chi connectivity index (χ0n) is 12.4. The van der Waals surface area contributed by atoms with Crippen LogP contribution in [0.4, 0.5) is 0 Å². The predicted molar refractivity (Wildman–Crippen MR) is 88.8 cm³/mol. The molecule has 1 atom stereocenters. The molecule has 124 valence electrons. The van der Waals surface area contributed by atoms with Crippen LogP contribution in [0.3, 0.4) is 0 Å². The topological polar surface area (TPSA) is 81.1 Å². The van der Waals surface area contributed by atoms with Gasteiger partial charge in [0.1, 0.15) is 10.4 Å². The molecule has 2 aliphatic rings. The number of carbonyl (C=O) groups is 2. The standard InChI is InChI=1S/C14H22N2O4S2/c17-12(18)7-6-11(13(19)20)15-8-16(14(21)22-9-15)10-4-2-1-3-5-10/h10-11H,1-9H2,(H,17,18)(H,19,20). The van der Waals surface area contributed by atoms with E-state index < -0.39 is 18.0 Å². The molecule has 0 spiro atoms. The van der Waals surface area contributed by atoms with E-state index in [-0.39, 0.29) is 12.8 Å². The summed E-state index contributed by atoms with van der Waals surface area (Å²) in [7, 11) is 0. The third-order valence-electron chi connectivity index (χ3n) is 4.30. The highest BCUT2D eigenvalue weighted by Crippen LogP contribution is 2.30. The minimum atomic E-state index is -0.962. The van der Waals surface area contributed by atoms with Gasteiger partial charge in [-0.3, -0.25) is 14.5 Å². The van der Waals surface area contributed by atoms with Crippen LogP contribution in [0.5, 0.6) is 0 Å². The SMILES string of the molecule is O=C(O)CCC(C(=O)O)N1CSC(=S)N(C2CCCCC2)C1. The highest BCUT2D eigenvalue weighted by atomic mass is 32.2. The molecule has 2 fully saturated rings. The Labute approximate surface area is 139 Å². The van der Waals surface area contributed by atoms with E-state index in [1.54, 1.807) is 0 Å². The van der Waals surface area contributed by atoms with E-state index in [9.17, 15) is 14.7 Å². The number of hydrogen-bond donors (Lipinski definition) is 2. The number of thioether (sulfide) groups is 1. The second-order valence-electron chi connectivity index (χ2n) is 5.82. The largest absolute Gasteiger partial charge is 0.481 e. The lowest BCUT2D eigenvalue weighted by Gasteiger charge is -2.44. The summed E-state index contributed by atoms with van der Waals surface area (Å²) < 4.78 is 0.838. The molecule has 1 aliphatic carbocycles. The molecule has 1 aliphatic heterocycles. The van der Waals surface area contributed by atoms with Crippen molar-refractivity contribution < 1.29 is 19.8 Å². The first-order valence-electron chi connectivity index (χ1n) is 7.61. The van der Waals surface area contributed by atoms with E-state index >= 15 is 0 Å². The Bertz CT molecular complexity index is 441. The van der Waals surface area contributed by atoms with Gasteiger partial charge in [0.2, 0.25) is 0 Å². The Hall–Kier alpha value is -0.860. The van der Waals surface area contributed by atoms with Crippen LogP contribution in [0.15, 0.2) is 0 Å². The summed E-state index contributed by atoms with van der Waals surface area (Å²) >= 11 is 6.92. The fourth-order valence-electron chi connectivity index (χ4n) is 3.08. The van der Waals surface area contributed by atoms with Gasteiger partial charge < -0.3 is 15.1 Å². The van der Waals surface area contributed by atoms with Crippen molar-refractivity contribution in [1.82, 2.24) is 9.80 Å². The van der Waals surface area contributed by atoms with Crippen LogP contribution >= 0.6 is 24.0 Å². The molecule has 1 unspecified atom stereocenters. The molecule has 1 heterocycles. The van der Waals surface area contributed by atoms with E-state index in [2.05, 4.69) is 4.90 Å². The average molecular weight is 346 g/mol. The van der Waals surface area contributed by atoms with Gasteiger partial charge in [0.25, 0.3) is 0 Å². The minimum Gasteiger partial charge on any atom is -0.481 e. The van der Waals surface area contributed by atoms with Crippen LogP contribution in [0, 0.1) is 0 Å². The first-order chi connectivity index (χ1) is 10.5. The maximum absolute atomic E-state index is 11.5. The van der Waals surface area contributed by atoms with Gasteiger partial charge in [-0.25, -0.2) is 0 Å². The minimum absolute atomic E-state index is 0.122. The van der Waals surface area contributed by atoms with Crippen LogP contribution in [0.1, 0.15) is 44.9 Å². The summed E-state index contributed by atoms with van der Waals surface area (Å²) in [4.78, 5) is 26.2. The normalized spacial score (nSPS) is 22.5. The van der Waals surface area contributed by atoms with Gasteiger partial charge in [-0.1, -0.05) is 43.2 Å². The Balaban J connectivity index is 2.01. The lowest BCUT2D eigenvalue weighted by atomic mass is 9.95. The summed E-state index contributed by atoms with van der Waals surface area (Å²) in [6, 6.07) is -0.372. The highest BCUT2D eigenvalue weighted by molar-refractivity contribution is 8.22. The second-order valence-corrected chi connectivity index (χ2v) is 7.40. The van der Waals surface area contributed by atoms with E-state index in [0.29, 0.717) is 18.6 Å². The Morgan fingerprint density at radius 3 is 2.55 bits per heavy atom. The van der Waals surface area contributed by atoms with Gasteiger partial charge in [-0.05, 0) is 19.3 Å². The third kappa shape index (κ3) is 4.57. The van der Waals surface area contributed by atoms with Gasteiger partial charge in [-0.15, -0.1) is 0 Å². The molecule has 2 rings (SSSR count). The predicted octanol–water partition coefficient (Wildman–Crippen LogP) is 2.19. The molecular formula is C14H22N2O4S2. The van der Waals surface area contributed by atoms with Gasteiger partial charge in [-0.2, -0.15) is 0 Å². The number of hydrogen-bond acceptors (Lipinski definition) is 5. The van der Waals surface area contributed by atoms with Crippen molar-refractivity contribution in [3.05, 3.63) is 0 Å². The van der Waals surface area contributed by atoms with Crippen molar-refractivity contribution >= 4 is 40.2 Å². The maximum Gasteiger partial charge on any atom is 0.321 e. The molecule has 2 N–H and O–H groups in total. The van der Waals surface area contributed by atoms with E-state index in [4.69, 9.17) is 17.3 Å². The summed E-state index contributed by atoms with van der Waals surface area (Å²) in [6.45, 7) is 0.493. The Morgan fingerprint density at radius 1 is 1.27 bits per heavy atom. The quantitative estimate of drug-likeness (QED) is 0.709. The van der Waals surface area contributed by atoms with Crippen molar-refractivity contribution in [1.29, 1.82) is 0 Å². The molecule has 0 aromatic heterocycles. The molecule has 6 nitrogen and oxygen atoms in total. The number of carboxylic acids is 2. The number of thiocarbonyl (C=S) groups is 1. The van der Waals surface area contributed by atoms with Crippen LogP contribution in [-0.4, -0.2) is 60.9 Å². The van der Waals surface area contributed by atoms with Crippen molar-refractivity contribution in [2.24, 2.45) is 0 Å². The highest BCUT2D eigenvalue weighted by Gasteiger charge is 2.34. The molecule has 0 aromatic rings. The average Bonchev–Trinajstić information content (AvgIpc) is 2.49. The summed E-state index contributed by atoms with van der Waals surface area (Å²) in [5.74, 6) is -1.41. The van der Waals surface area contributed by atoms with Crippen LogP contribution in [-0.2, 0) is 9.59 Å². The second kappa shape index (κ2) is 8.12. The van der Waals surface area contributed by atoms with Crippen molar-refractivity contribution in [2.75, 3.05) is 12.5 Å². The molecule has 0 bridgehead atoms. The fraction of sp³-hybridized carbons (Fsp3) is 0.786. The number of carboxylic acid groups (broad SMARTS) is 2.